The normalized spacial score (nSPS) is 16.1. The van der Waals surface area contributed by atoms with E-state index in [-0.39, 0.29) is 12.3 Å². The van der Waals surface area contributed by atoms with Gasteiger partial charge in [0, 0.05) is 12.7 Å². The van der Waals surface area contributed by atoms with E-state index in [0.717, 1.165) is 49.9 Å². The first-order valence-electron chi connectivity index (χ1n) is 9.15. The van der Waals surface area contributed by atoms with E-state index < -0.39 is 5.60 Å². The fourth-order valence-electron chi connectivity index (χ4n) is 3.53. The molecule has 1 aliphatic rings. The number of benzene rings is 1. The first-order valence-corrected chi connectivity index (χ1v) is 9.15. The number of para-hydroxylation sites is 1. The van der Waals surface area contributed by atoms with E-state index in [0.29, 0.717) is 6.54 Å². The first kappa shape index (κ1) is 17.7. The molecule has 1 aromatic carbocycles. The topological polar surface area (TPSA) is 67.2 Å². The molecule has 3 rings (SSSR count). The van der Waals surface area contributed by atoms with Gasteiger partial charge in [-0.15, -0.1) is 0 Å². The van der Waals surface area contributed by atoms with Crippen LogP contribution in [0.5, 0.6) is 0 Å². The third-order valence-electron chi connectivity index (χ3n) is 4.99. The van der Waals surface area contributed by atoms with E-state index in [4.69, 9.17) is 0 Å². The Hall–Kier alpha value is -2.14. The molecule has 1 heterocycles. The SMILES string of the molecule is Cc1nn(-c2ccccc2)cc1CCCNC(=O)CC1(O)CCCC1. The number of aliphatic hydroxyl groups is 1. The number of rotatable bonds is 7. The van der Waals surface area contributed by atoms with Crippen LogP contribution in [0.3, 0.4) is 0 Å². The molecule has 2 N–H and O–H groups in total. The Bertz CT molecular complexity index is 703. The molecule has 1 aromatic heterocycles. The van der Waals surface area contributed by atoms with Crippen LogP contribution in [0.1, 0.15) is 49.8 Å². The molecule has 1 aliphatic carbocycles. The first-order chi connectivity index (χ1) is 12.1. The van der Waals surface area contributed by atoms with Crippen LogP contribution in [0.2, 0.25) is 0 Å². The van der Waals surface area contributed by atoms with Gasteiger partial charge in [0.05, 0.1) is 23.4 Å². The summed E-state index contributed by atoms with van der Waals surface area (Å²) in [4.78, 5) is 12.0. The summed E-state index contributed by atoms with van der Waals surface area (Å²) >= 11 is 0. The summed E-state index contributed by atoms with van der Waals surface area (Å²) in [6.07, 6.45) is 7.58. The summed E-state index contributed by atoms with van der Waals surface area (Å²) in [5.74, 6) is -0.0406. The zero-order valence-corrected chi connectivity index (χ0v) is 14.9. The van der Waals surface area contributed by atoms with Crippen molar-refractivity contribution in [2.24, 2.45) is 0 Å². The zero-order chi connectivity index (χ0) is 17.7. The van der Waals surface area contributed by atoms with E-state index in [1.165, 1.54) is 5.56 Å². The molecule has 25 heavy (non-hydrogen) atoms. The summed E-state index contributed by atoms with van der Waals surface area (Å²) in [6, 6.07) is 10.1. The molecule has 1 saturated carbocycles. The lowest BCUT2D eigenvalue weighted by molar-refractivity contribution is -0.125. The highest BCUT2D eigenvalue weighted by atomic mass is 16.3. The molecule has 0 radical (unpaired) electrons. The lowest BCUT2D eigenvalue weighted by Gasteiger charge is -2.21. The number of hydrogen-bond acceptors (Lipinski definition) is 3. The fraction of sp³-hybridized carbons (Fsp3) is 0.500. The summed E-state index contributed by atoms with van der Waals surface area (Å²) in [5, 5.41) is 17.8. The highest BCUT2D eigenvalue weighted by molar-refractivity contribution is 5.77. The third-order valence-corrected chi connectivity index (χ3v) is 4.99. The van der Waals surface area contributed by atoms with Crippen molar-refractivity contribution < 1.29 is 9.90 Å². The molecule has 0 aliphatic heterocycles. The second-order valence-corrected chi connectivity index (χ2v) is 7.08. The van der Waals surface area contributed by atoms with Crippen LogP contribution in [0.15, 0.2) is 36.5 Å². The van der Waals surface area contributed by atoms with Crippen LogP contribution in [-0.2, 0) is 11.2 Å². The van der Waals surface area contributed by atoms with Crippen LogP contribution in [0.4, 0.5) is 0 Å². The number of amides is 1. The van der Waals surface area contributed by atoms with Crippen molar-refractivity contribution >= 4 is 5.91 Å². The van der Waals surface area contributed by atoms with Crippen molar-refractivity contribution in [3.63, 3.8) is 0 Å². The van der Waals surface area contributed by atoms with Crippen molar-refractivity contribution in [1.29, 1.82) is 0 Å². The van der Waals surface area contributed by atoms with Gasteiger partial charge >= 0.3 is 0 Å². The molecule has 0 atom stereocenters. The number of nitrogens with one attached hydrogen (secondary N) is 1. The summed E-state index contributed by atoms with van der Waals surface area (Å²) < 4.78 is 1.90. The highest BCUT2D eigenvalue weighted by Gasteiger charge is 2.33. The van der Waals surface area contributed by atoms with Gasteiger partial charge in [0.2, 0.25) is 5.91 Å². The van der Waals surface area contributed by atoms with E-state index in [1.54, 1.807) is 0 Å². The van der Waals surface area contributed by atoms with Crippen LogP contribution in [0, 0.1) is 6.92 Å². The molecule has 2 aromatic rings. The number of carbonyl (C=O) groups is 1. The highest BCUT2D eigenvalue weighted by Crippen LogP contribution is 2.32. The minimum Gasteiger partial charge on any atom is -0.389 e. The average Bonchev–Trinajstić information content (AvgIpc) is 3.18. The molecule has 5 nitrogen and oxygen atoms in total. The van der Waals surface area contributed by atoms with Crippen LogP contribution in [-0.4, -0.2) is 32.9 Å². The van der Waals surface area contributed by atoms with Gasteiger partial charge < -0.3 is 10.4 Å². The van der Waals surface area contributed by atoms with Crippen molar-refractivity contribution in [3.05, 3.63) is 47.8 Å². The van der Waals surface area contributed by atoms with Gasteiger partial charge in [-0.1, -0.05) is 31.0 Å². The molecule has 0 saturated heterocycles. The molecule has 1 amide bonds. The molecular formula is C20H27N3O2. The molecule has 1 fully saturated rings. The minimum absolute atomic E-state index is 0.0406. The minimum atomic E-state index is -0.766. The van der Waals surface area contributed by atoms with Crippen molar-refractivity contribution in [1.82, 2.24) is 15.1 Å². The zero-order valence-electron chi connectivity index (χ0n) is 14.9. The summed E-state index contributed by atoms with van der Waals surface area (Å²) in [5.41, 5.74) is 2.51. The maximum atomic E-state index is 12.0. The van der Waals surface area contributed by atoms with E-state index >= 15 is 0 Å². The largest absolute Gasteiger partial charge is 0.389 e. The Morgan fingerprint density at radius 3 is 2.72 bits per heavy atom. The van der Waals surface area contributed by atoms with Gasteiger partial charge in [-0.3, -0.25) is 4.79 Å². The quantitative estimate of drug-likeness (QED) is 0.761. The maximum Gasteiger partial charge on any atom is 0.222 e. The predicted octanol–water partition coefficient (Wildman–Crippen LogP) is 2.92. The number of nitrogens with zero attached hydrogens (tertiary/aromatic N) is 2. The van der Waals surface area contributed by atoms with E-state index in [2.05, 4.69) is 16.6 Å². The molecule has 0 unspecified atom stereocenters. The van der Waals surface area contributed by atoms with Gasteiger partial charge in [-0.05, 0) is 50.3 Å². The monoisotopic (exact) mass is 341 g/mol. The van der Waals surface area contributed by atoms with Crippen LogP contribution in [0.25, 0.3) is 5.69 Å². The number of hydrogen-bond donors (Lipinski definition) is 2. The Kier molecular flexibility index (Phi) is 5.53. The van der Waals surface area contributed by atoms with E-state index in [1.807, 2.05) is 41.9 Å². The lowest BCUT2D eigenvalue weighted by atomic mass is 9.98. The molecule has 0 bridgehead atoms. The molecule has 5 heteroatoms. The van der Waals surface area contributed by atoms with Crippen molar-refractivity contribution in [3.8, 4) is 5.69 Å². The standard InChI is InChI=1S/C20H27N3O2/c1-16-17(15-23(22-16)18-9-3-2-4-10-18)8-7-13-21-19(24)14-20(25)11-5-6-12-20/h2-4,9-10,15,25H,5-8,11-14H2,1H3,(H,21,24). The Morgan fingerprint density at radius 1 is 1.28 bits per heavy atom. The third kappa shape index (κ3) is 4.69. The maximum absolute atomic E-state index is 12.0. The van der Waals surface area contributed by atoms with Crippen LogP contribution >= 0.6 is 0 Å². The molecule has 134 valence electrons. The number of aryl methyl sites for hydroxylation is 2. The summed E-state index contributed by atoms with van der Waals surface area (Å²) in [7, 11) is 0. The van der Waals surface area contributed by atoms with E-state index in [9.17, 15) is 9.90 Å². The fourth-order valence-corrected chi connectivity index (χ4v) is 3.53. The average molecular weight is 341 g/mol. The number of carbonyl (C=O) groups excluding carboxylic acids is 1. The molecular weight excluding hydrogens is 314 g/mol. The van der Waals surface area contributed by atoms with Gasteiger partial charge in [-0.2, -0.15) is 5.10 Å². The second-order valence-electron chi connectivity index (χ2n) is 7.08. The van der Waals surface area contributed by atoms with Crippen LogP contribution < -0.4 is 5.32 Å². The Labute approximate surface area is 149 Å². The van der Waals surface area contributed by atoms with Gasteiger partial charge in [0.25, 0.3) is 0 Å². The summed E-state index contributed by atoms with van der Waals surface area (Å²) in [6.45, 7) is 2.65. The van der Waals surface area contributed by atoms with Crippen molar-refractivity contribution in [2.75, 3.05) is 6.54 Å². The van der Waals surface area contributed by atoms with Crippen molar-refractivity contribution in [2.45, 2.75) is 57.5 Å². The second kappa shape index (κ2) is 7.83. The molecule has 0 spiro atoms. The lowest BCUT2D eigenvalue weighted by Crippen LogP contribution is -2.35. The van der Waals surface area contributed by atoms with Gasteiger partial charge in [0.15, 0.2) is 0 Å². The smallest absolute Gasteiger partial charge is 0.222 e. The predicted molar refractivity (Wildman–Crippen MR) is 97.7 cm³/mol. The van der Waals surface area contributed by atoms with Gasteiger partial charge in [0.1, 0.15) is 0 Å². The number of aromatic nitrogens is 2. The Balaban J connectivity index is 1.45. The van der Waals surface area contributed by atoms with Gasteiger partial charge in [-0.25, -0.2) is 4.68 Å². The Morgan fingerprint density at radius 2 is 2.00 bits per heavy atom.